The summed E-state index contributed by atoms with van der Waals surface area (Å²) in [5.74, 6) is 0.244. The third-order valence-corrected chi connectivity index (χ3v) is 4.66. The van der Waals surface area contributed by atoms with Crippen molar-refractivity contribution in [3.63, 3.8) is 0 Å². The summed E-state index contributed by atoms with van der Waals surface area (Å²) in [5, 5.41) is 0. The van der Waals surface area contributed by atoms with Gasteiger partial charge in [0.15, 0.2) is 0 Å². The Morgan fingerprint density at radius 3 is 1.90 bits per heavy atom. The zero-order valence-electron chi connectivity index (χ0n) is 18.0. The van der Waals surface area contributed by atoms with Crippen molar-refractivity contribution in [2.45, 2.75) is 96.8 Å². The molecule has 0 fully saturated rings. The molecule has 1 rings (SSSR count). The summed E-state index contributed by atoms with van der Waals surface area (Å²) in [7, 11) is -4.64. The third-order valence-electron chi connectivity index (χ3n) is 4.66. The summed E-state index contributed by atoms with van der Waals surface area (Å²) in [5.41, 5.74) is 0. The fourth-order valence-corrected chi connectivity index (χ4v) is 3.06. The molecule has 0 saturated carbocycles. The molecule has 0 bridgehead atoms. The van der Waals surface area contributed by atoms with Crippen molar-refractivity contribution in [2.24, 2.45) is 4.99 Å². The van der Waals surface area contributed by atoms with E-state index in [1.54, 1.807) is 11.2 Å². The van der Waals surface area contributed by atoms with Crippen LogP contribution in [0.4, 0.5) is 0 Å². The molecule has 0 aromatic heterocycles. The van der Waals surface area contributed by atoms with Gasteiger partial charge in [0.05, 0.1) is 12.9 Å². The number of hydrogen-bond acceptors (Lipinski definition) is 3. The molecule has 7 nitrogen and oxygen atoms in total. The van der Waals surface area contributed by atoms with Crippen molar-refractivity contribution >= 4 is 20.1 Å². The number of hydrogen-bond donors (Lipinski definition) is 3. The van der Waals surface area contributed by atoms with Crippen molar-refractivity contribution in [2.75, 3.05) is 13.1 Å². The van der Waals surface area contributed by atoms with E-state index in [1.165, 1.54) is 77.0 Å². The summed E-state index contributed by atoms with van der Waals surface area (Å²) in [6.45, 7) is 3.83. The van der Waals surface area contributed by atoms with Crippen LogP contribution in [0.25, 0.3) is 0 Å². The van der Waals surface area contributed by atoms with Gasteiger partial charge >= 0.3 is 7.82 Å². The minimum Gasteiger partial charge on any atom is -0.303 e. The van der Waals surface area contributed by atoms with Gasteiger partial charge in [-0.3, -0.25) is 9.79 Å². The first-order valence-electron chi connectivity index (χ1n) is 11.1. The SMILES string of the molecule is CCCCCCCCC=CCCCCCCCC(=O)N1C=NCC1.O=P(O)(O)O. The van der Waals surface area contributed by atoms with E-state index in [0.717, 1.165) is 19.5 Å². The van der Waals surface area contributed by atoms with Gasteiger partial charge in [0.2, 0.25) is 5.91 Å². The van der Waals surface area contributed by atoms with Crippen LogP contribution in [0.15, 0.2) is 17.1 Å². The van der Waals surface area contributed by atoms with Crippen LogP contribution in [0.3, 0.4) is 0 Å². The van der Waals surface area contributed by atoms with Gasteiger partial charge in [-0.15, -0.1) is 0 Å². The van der Waals surface area contributed by atoms with Crippen LogP contribution in [0.5, 0.6) is 0 Å². The lowest BCUT2D eigenvalue weighted by Crippen LogP contribution is -2.27. The highest BCUT2D eigenvalue weighted by atomic mass is 31.2. The molecule has 1 aliphatic heterocycles. The molecule has 0 radical (unpaired) electrons. The number of aliphatic imine (C=N–C) groups is 1. The maximum atomic E-state index is 11.8. The highest BCUT2D eigenvalue weighted by Crippen LogP contribution is 2.25. The normalized spacial score (nSPS) is 13.7. The number of carbonyl (C=O) groups excluding carboxylic acids is 1. The van der Waals surface area contributed by atoms with Crippen LogP contribution in [0.1, 0.15) is 96.8 Å². The molecule has 3 N–H and O–H groups in total. The van der Waals surface area contributed by atoms with Gasteiger partial charge in [0.1, 0.15) is 0 Å². The van der Waals surface area contributed by atoms with Gasteiger partial charge in [-0.2, -0.15) is 0 Å². The van der Waals surface area contributed by atoms with Gasteiger partial charge < -0.3 is 19.6 Å². The van der Waals surface area contributed by atoms with Crippen LogP contribution in [-0.2, 0) is 9.36 Å². The molecule has 1 heterocycles. The molecule has 0 spiro atoms. The molecule has 0 aromatic carbocycles. The van der Waals surface area contributed by atoms with Crippen LogP contribution in [0.2, 0.25) is 0 Å². The molecular weight excluding hydrogens is 391 g/mol. The second kappa shape index (κ2) is 19.0. The van der Waals surface area contributed by atoms with Crippen molar-refractivity contribution < 1.29 is 24.0 Å². The molecule has 170 valence electrons. The molecule has 1 amide bonds. The number of amides is 1. The lowest BCUT2D eigenvalue weighted by Gasteiger charge is -2.11. The van der Waals surface area contributed by atoms with Gasteiger partial charge in [0, 0.05) is 13.0 Å². The third kappa shape index (κ3) is 23.1. The van der Waals surface area contributed by atoms with Crippen LogP contribution in [-0.4, -0.2) is 44.9 Å². The summed E-state index contributed by atoms with van der Waals surface area (Å²) in [6.07, 6.45) is 24.0. The standard InChI is InChI=1S/C21H38N2O.H3O4P/c1-2-3-4-5-6-7-8-9-10-11-12-13-14-15-16-17-21(24)23-19-18-22-20-23;1-5(2,3)4/h9-10,20H,2-8,11-19H2,1H3;(H3,1,2,3,4). The van der Waals surface area contributed by atoms with E-state index in [9.17, 15) is 4.79 Å². The van der Waals surface area contributed by atoms with Gasteiger partial charge in [-0.25, -0.2) is 4.57 Å². The highest BCUT2D eigenvalue weighted by molar-refractivity contribution is 7.45. The minimum atomic E-state index is -4.64. The Morgan fingerprint density at radius 2 is 1.41 bits per heavy atom. The van der Waals surface area contributed by atoms with E-state index in [-0.39, 0.29) is 5.91 Å². The van der Waals surface area contributed by atoms with E-state index in [2.05, 4.69) is 24.1 Å². The van der Waals surface area contributed by atoms with Crippen LogP contribution in [0, 0.1) is 0 Å². The second-order valence-corrected chi connectivity index (χ2v) is 8.48. The minimum absolute atomic E-state index is 0.244. The lowest BCUT2D eigenvalue weighted by atomic mass is 10.1. The van der Waals surface area contributed by atoms with Gasteiger partial charge in [-0.1, -0.05) is 70.4 Å². The van der Waals surface area contributed by atoms with Crippen molar-refractivity contribution in [3.05, 3.63) is 12.2 Å². The smallest absolute Gasteiger partial charge is 0.303 e. The first-order chi connectivity index (χ1) is 13.8. The fourth-order valence-electron chi connectivity index (χ4n) is 3.06. The van der Waals surface area contributed by atoms with Crippen molar-refractivity contribution in [1.29, 1.82) is 0 Å². The van der Waals surface area contributed by atoms with E-state index in [4.69, 9.17) is 19.2 Å². The quantitative estimate of drug-likeness (QED) is 0.192. The Morgan fingerprint density at radius 1 is 0.931 bits per heavy atom. The number of nitrogens with zero attached hydrogens (tertiary/aromatic N) is 2. The second-order valence-electron chi connectivity index (χ2n) is 7.46. The first kappa shape index (κ1) is 28.0. The molecule has 0 aromatic rings. The number of carbonyl (C=O) groups is 1. The summed E-state index contributed by atoms with van der Waals surface area (Å²) >= 11 is 0. The molecule has 0 saturated heterocycles. The molecule has 0 atom stereocenters. The van der Waals surface area contributed by atoms with E-state index in [1.807, 2.05) is 0 Å². The molecule has 1 aliphatic rings. The molecule has 0 aliphatic carbocycles. The first-order valence-corrected chi connectivity index (χ1v) is 12.6. The number of rotatable bonds is 15. The Hall–Kier alpha value is -1.01. The zero-order chi connectivity index (χ0) is 21.8. The predicted molar refractivity (Wildman–Crippen MR) is 119 cm³/mol. The summed E-state index contributed by atoms with van der Waals surface area (Å²) in [4.78, 5) is 39.2. The summed E-state index contributed by atoms with van der Waals surface area (Å²) < 4.78 is 8.88. The number of unbranched alkanes of at least 4 members (excludes halogenated alkanes) is 11. The van der Waals surface area contributed by atoms with Gasteiger partial charge in [-0.05, 0) is 32.1 Å². The largest absolute Gasteiger partial charge is 0.466 e. The van der Waals surface area contributed by atoms with Crippen LogP contribution < -0.4 is 0 Å². The van der Waals surface area contributed by atoms with Gasteiger partial charge in [0.25, 0.3) is 0 Å². The van der Waals surface area contributed by atoms with Crippen LogP contribution >= 0.6 is 7.82 Å². The number of phosphoric acid groups is 1. The van der Waals surface area contributed by atoms with E-state index < -0.39 is 7.82 Å². The molecule has 29 heavy (non-hydrogen) atoms. The Labute approximate surface area is 176 Å². The zero-order valence-corrected chi connectivity index (χ0v) is 18.9. The average molecular weight is 433 g/mol. The highest BCUT2D eigenvalue weighted by Gasteiger charge is 2.13. The molecular formula is C21H41N2O5P. The van der Waals surface area contributed by atoms with E-state index >= 15 is 0 Å². The monoisotopic (exact) mass is 432 g/mol. The summed E-state index contributed by atoms with van der Waals surface area (Å²) in [6, 6.07) is 0. The number of allylic oxidation sites excluding steroid dienone is 2. The Bertz CT molecular complexity index is 497. The Kier molecular flexibility index (Phi) is 18.3. The predicted octanol–water partition coefficient (Wildman–Crippen LogP) is 4.97. The fraction of sp³-hybridized carbons (Fsp3) is 0.810. The maximum absolute atomic E-state index is 11.8. The van der Waals surface area contributed by atoms with Crippen molar-refractivity contribution in [3.8, 4) is 0 Å². The maximum Gasteiger partial charge on any atom is 0.466 e. The lowest BCUT2D eigenvalue weighted by molar-refractivity contribution is -0.126. The topological polar surface area (TPSA) is 110 Å². The van der Waals surface area contributed by atoms with Crippen molar-refractivity contribution in [1.82, 2.24) is 4.90 Å². The Balaban J connectivity index is 0.00000139. The molecule has 0 unspecified atom stereocenters. The van der Waals surface area contributed by atoms with E-state index in [0.29, 0.717) is 6.42 Å². The average Bonchev–Trinajstić information content (AvgIpc) is 3.18. The molecule has 8 heteroatoms.